The quantitative estimate of drug-likeness (QED) is 0.615. The Bertz CT molecular complexity index is 207. The number of methoxy groups -OCH3 is 1. The molecular formula is C10H17NO2. The Morgan fingerprint density at radius 2 is 1.77 bits per heavy atom. The molecule has 3 saturated carbocycles. The van der Waals surface area contributed by atoms with E-state index >= 15 is 0 Å². The first-order valence-corrected chi connectivity index (χ1v) is 5.07. The average Bonchev–Trinajstić information content (AvgIpc) is 2.18. The van der Waals surface area contributed by atoms with Crippen LogP contribution in [0.15, 0.2) is 0 Å². The fourth-order valence-corrected chi connectivity index (χ4v) is 2.98. The largest absolute Gasteiger partial charge is 0.469 e. The van der Waals surface area contributed by atoms with Gasteiger partial charge in [0.25, 0.3) is 0 Å². The van der Waals surface area contributed by atoms with Crippen molar-refractivity contribution in [2.75, 3.05) is 7.11 Å². The van der Waals surface area contributed by atoms with Gasteiger partial charge in [0.1, 0.15) is 0 Å². The second kappa shape index (κ2) is 3.29. The third-order valence-electron chi connectivity index (χ3n) is 3.76. The maximum atomic E-state index is 11.5. The van der Waals surface area contributed by atoms with E-state index in [0.717, 1.165) is 12.8 Å². The Morgan fingerprint density at radius 1 is 1.23 bits per heavy atom. The predicted molar refractivity (Wildman–Crippen MR) is 48.9 cm³/mol. The van der Waals surface area contributed by atoms with Crippen LogP contribution in [0.3, 0.4) is 0 Å². The molecule has 3 rings (SSSR count). The van der Waals surface area contributed by atoms with Crippen LogP contribution in [0.5, 0.6) is 0 Å². The second-order valence-corrected chi connectivity index (χ2v) is 4.30. The Morgan fingerprint density at radius 3 is 2.23 bits per heavy atom. The molecule has 0 aromatic heterocycles. The lowest BCUT2D eigenvalue weighted by Crippen LogP contribution is -2.52. The fraction of sp³-hybridized carbons (Fsp3) is 0.900. The van der Waals surface area contributed by atoms with E-state index in [1.54, 1.807) is 0 Å². The zero-order valence-electron chi connectivity index (χ0n) is 8.03. The zero-order valence-corrected chi connectivity index (χ0v) is 8.03. The van der Waals surface area contributed by atoms with E-state index in [0.29, 0.717) is 11.8 Å². The van der Waals surface area contributed by atoms with Gasteiger partial charge in [-0.1, -0.05) is 0 Å². The second-order valence-electron chi connectivity index (χ2n) is 4.30. The van der Waals surface area contributed by atoms with Crippen LogP contribution in [0.1, 0.15) is 25.7 Å². The highest BCUT2D eigenvalue weighted by molar-refractivity contribution is 5.74. The highest BCUT2D eigenvalue weighted by atomic mass is 16.5. The molecule has 0 heterocycles. The summed E-state index contributed by atoms with van der Waals surface area (Å²) in [5, 5.41) is 0. The van der Waals surface area contributed by atoms with Crippen LogP contribution in [0.4, 0.5) is 0 Å². The normalized spacial score (nSPS) is 43.2. The van der Waals surface area contributed by atoms with Gasteiger partial charge in [0.2, 0.25) is 0 Å². The van der Waals surface area contributed by atoms with E-state index in [1.807, 2.05) is 0 Å². The van der Waals surface area contributed by atoms with Gasteiger partial charge in [-0.3, -0.25) is 4.79 Å². The van der Waals surface area contributed by atoms with Crippen molar-refractivity contribution in [3.63, 3.8) is 0 Å². The molecule has 2 N–H and O–H groups in total. The molecule has 0 spiro atoms. The van der Waals surface area contributed by atoms with Crippen LogP contribution in [0.2, 0.25) is 0 Å². The Kier molecular flexibility index (Phi) is 2.28. The van der Waals surface area contributed by atoms with Crippen molar-refractivity contribution in [3.05, 3.63) is 0 Å². The van der Waals surface area contributed by atoms with E-state index in [1.165, 1.54) is 20.0 Å². The molecule has 13 heavy (non-hydrogen) atoms. The molecule has 0 unspecified atom stereocenters. The molecule has 0 radical (unpaired) electrons. The lowest BCUT2D eigenvalue weighted by molar-refractivity contribution is -0.152. The van der Waals surface area contributed by atoms with Gasteiger partial charge >= 0.3 is 5.97 Å². The van der Waals surface area contributed by atoms with E-state index in [9.17, 15) is 4.79 Å². The maximum absolute atomic E-state index is 11.5. The van der Waals surface area contributed by atoms with Crippen molar-refractivity contribution >= 4 is 5.97 Å². The van der Waals surface area contributed by atoms with E-state index < -0.39 is 0 Å². The van der Waals surface area contributed by atoms with E-state index in [-0.39, 0.29) is 17.9 Å². The van der Waals surface area contributed by atoms with Gasteiger partial charge < -0.3 is 10.5 Å². The summed E-state index contributed by atoms with van der Waals surface area (Å²) in [6.07, 6.45) is 4.74. The first-order chi connectivity index (χ1) is 6.24. The van der Waals surface area contributed by atoms with Gasteiger partial charge in [0.05, 0.1) is 13.0 Å². The summed E-state index contributed by atoms with van der Waals surface area (Å²) in [4.78, 5) is 11.5. The van der Waals surface area contributed by atoms with Gasteiger partial charge in [-0.05, 0) is 37.5 Å². The number of rotatable bonds is 1. The van der Waals surface area contributed by atoms with Crippen LogP contribution in [0, 0.1) is 17.8 Å². The van der Waals surface area contributed by atoms with Crippen molar-refractivity contribution in [1.82, 2.24) is 0 Å². The lowest BCUT2D eigenvalue weighted by atomic mass is 9.62. The molecule has 0 aromatic carbocycles. The minimum absolute atomic E-state index is 0.0162. The SMILES string of the molecule is COC(=O)[C@H]1C2CCC(CC2)[C@H]1N. The third kappa shape index (κ3) is 1.35. The van der Waals surface area contributed by atoms with Gasteiger partial charge in [-0.2, -0.15) is 0 Å². The van der Waals surface area contributed by atoms with Gasteiger partial charge in [-0.25, -0.2) is 0 Å². The zero-order chi connectivity index (χ0) is 9.42. The molecule has 2 atom stereocenters. The van der Waals surface area contributed by atoms with Gasteiger partial charge in [-0.15, -0.1) is 0 Å². The highest BCUT2D eigenvalue weighted by Crippen LogP contribution is 2.44. The fourth-order valence-electron chi connectivity index (χ4n) is 2.98. The van der Waals surface area contributed by atoms with E-state index in [4.69, 9.17) is 10.5 Å². The third-order valence-corrected chi connectivity index (χ3v) is 3.76. The molecule has 0 amide bonds. The Hall–Kier alpha value is -0.570. The van der Waals surface area contributed by atoms with Crippen LogP contribution in [0.25, 0.3) is 0 Å². The van der Waals surface area contributed by atoms with Crippen LogP contribution in [-0.4, -0.2) is 19.1 Å². The summed E-state index contributed by atoms with van der Waals surface area (Å²) in [6.45, 7) is 0. The lowest BCUT2D eigenvalue weighted by Gasteiger charge is -2.45. The molecule has 0 aromatic rings. The molecular weight excluding hydrogens is 166 g/mol. The first kappa shape index (κ1) is 9.00. The number of carbonyl (C=O) groups is 1. The van der Waals surface area contributed by atoms with E-state index in [2.05, 4.69) is 0 Å². The van der Waals surface area contributed by atoms with Crippen LogP contribution in [-0.2, 0) is 9.53 Å². The Balaban J connectivity index is 2.14. The number of nitrogens with two attached hydrogens (primary N) is 1. The monoisotopic (exact) mass is 183 g/mol. The maximum Gasteiger partial charge on any atom is 0.310 e. The molecule has 3 fully saturated rings. The molecule has 3 aliphatic carbocycles. The van der Waals surface area contributed by atoms with Crippen molar-refractivity contribution in [1.29, 1.82) is 0 Å². The van der Waals surface area contributed by atoms with Crippen LogP contribution < -0.4 is 5.73 Å². The smallest absolute Gasteiger partial charge is 0.310 e. The molecule has 0 aliphatic heterocycles. The standard InChI is InChI=1S/C10H17NO2/c1-13-10(12)8-6-2-4-7(5-3-6)9(8)11/h6-9H,2-5,11H2,1H3/t6?,7?,8-,9+/m0/s1. The summed E-state index contributed by atoms with van der Waals surface area (Å²) >= 11 is 0. The summed E-state index contributed by atoms with van der Waals surface area (Å²) in [6, 6.07) is 0.0555. The van der Waals surface area contributed by atoms with Crippen LogP contribution >= 0.6 is 0 Å². The number of hydrogen-bond acceptors (Lipinski definition) is 3. The minimum Gasteiger partial charge on any atom is -0.469 e. The Labute approximate surface area is 78.6 Å². The highest BCUT2D eigenvalue weighted by Gasteiger charge is 2.45. The number of fused-ring (bicyclic) bond motifs is 3. The van der Waals surface area contributed by atoms with Crippen molar-refractivity contribution in [3.8, 4) is 0 Å². The van der Waals surface area contributed by atoms with Crippen molar-refractivity contribution in [2.24, 2.45) is 23.5 Å². The number of esters is 1. The summed E-state index contributed by atoms with van der Waals surface area (Å²) in [5.74, 6) is 0.945. The summed E-state index contributed by atoms with van der Waals surface area (Å²) in [7, 11) is 1.46. The summed E-state index contributed by atoms with van der Waals surface area (Å²) < 4.78 is 4.79. The molecule has 74 valence electrons. The average molecular weight is 183 g/mol. The van der Waals surface area contributed by atoms with Gasteiger partial charge in [0, 0.05) is 6.04 Å². The molecule has 3 aliphatic rings. The number of carbonyl (C=O) groups excluding carboxylic acids is 1. The molecule has 3 nitrogen and oxygen atoms in total. The molecule has 0 saturated heterocycles. The minimum atomic E-state index is -0.0955. The molecule has 2 bridgehead atoms. The molecule has 3 heteroatoms. The van der Waals surface area contributed by atoms with Crippen molar-refractivity contribution in [2.45, 2.75) is 31.7 Å². The topological polar surface area (TPSA) is 52.3 Å². The summed E-state index contributed by atoms with van der Waals surface area (Å²) in [5.41, 5.74) is 6.04. The number of hydrogen-bond donors (Lipinski definition) is 1. The first-order valence-electron chi connectivity index (χ1n) is 5.07. The van der Waals surface area contributed by atoms with Gasteiger partial charge in [0.15, 0.2) is 0 Å². The van der Waals surface area contributed by atoms with Crippen molar-refractivity contribution < 1.29 is 9.53 Å². The predicted octanol–water partition coefficient (Wildman–Crippen LogP) is 0.923. The number of ether oxygens (including phenoxy) is 1.